The zero-order valence-electron chi connectivity index (χ0n) is 12.7. The molecule has 1 fully saturated rings. The van der Waals surface area contributed by atoms with E-state index in [1.807, 2.05) is 41.2 Å². The lowest BCUT2D eigenvalue weighted by molar-refractivity contribution is -0.0367. The van der Waals surface area contributed by atoms with Gasteiger partial charge < -0.3 is 4.74 Å². The Bertz CT molecular complexity index is 836. The molecule has 5 heteroatoms. The van der Waals surface area contributed by atoms with Gasteiger partial charge in [-0.05, 0) is 43.0 Å². The fourth-order valence-corrected chi connectivity index (χ4v) is 3.10. The average molecular weight is 307 g/mol. The molecule has 1 aliphatic heterocycles. The van der Waals surface area contributed by atoms with Crippen LogP contribution in [0.1, 0.15) is 36.0 Å². The monoisotopic (exact) mass is 307 g/mol. The Morgan fingerprint density at radius 3 is 2.91 bits per heavy atom. The number of carbonyl (C=O) groups is 1. The first kappa shape index (κ1) is 14.1. The van der Waals surface area contributed by atoms with Crippen molar-refractivity contribution in [2.45, 2.75) is 25.5 Å². The van der Waals surface area contributed by atoms with Gasteiger partial charge in [0.15, 0.2) is 12.5 Å². The maximum atomic E-state index is 11.4. The van der Waals surface area contributed by atoms with Gasteiger partial charge in [0, 0.05) is 30.0 Å². The van der Waals surface area contributed by atoms with Crippen molar-refractivity contribution in [3.63, 3.8) is 0 Å². The summed E-state index contributed by atoms with van der Waals surface area (Å²) in [4.78, 5) is 15.6. The first-order valence-corrected chi connectivity index (χ1v) is 7.86. The molecule has 2 aromatic heterocycles. The summed E-state index contributed by atoms with van der Waals surface area (Å²) in [6.45, 7) is 0.746. The number of hydrogen-bond donors (Lipinski definition) is 0. The Balaban J connectivity index is 1.83. The van der Waals surface area contributed by atoms with Crippen molar-refractivity contribution in [1.82, 2.24) is 14.8 Å². The number of rotatable bonds is 3. The fraction of sp³-hybridized carbons (Fsp3) is 0.278. The first-order valence-electron chi connectivity index (χ1n) is 7.86. The van der Waals surface area contributed by atoms with E-state index in [1.165, 1.54) is 0 Å². The molecule has 0 aliphatic carbocycles. The molecule has 0 radical (unpaired) electrons. The molecular weight excluding hydrogens is 290 g/mol. The van der Waals surface area contributed by atoms with E-state index in [-0.39, 0.29) is 6.23 Å². The Morgan fingerprint density at radius 2 is 2.17 bits per heavy atom. The molecule has 0 bridgehead atoms. The number of hydrogen-bond acceptors (Lipinski definition) is 4. The maximum absolute atomic E-state index is 11.4. The van der Waals surface area contributed by atoms with Crippen LogP contribution in [0.25, 0.3) is 22.0 Å². The maximum Gasteiger partial charge on any atom is 0.170 e. The first-order chi connectivity index (χ1) is 11.4. The van der Waals surface area contributed by atoms with E-state index in [9.17, 15) is 4.79 Å². The molecule has 3 heterocycles. The highest BCUT2D eigenvalue weighted by Gasteiger charge is 2.21. The smallest absolute Gasteiger partial charge is 0.170 e. The summed E-state index contributed by atoms with van der Waals surface area (Å²) in [6, 6.07) is 9.95. The molecule has 0 amide bonds. The van der Waals surface area contributed by atoms with Crippen LogP contribution < -0.4 is 0 Å². The number of fused-ring (bicyclic) bond motifs is 1. The van der Waals surface area contributed by atoms with Crippen LogP contribution in [-0.4, -0.2) is 27.7 Å². The summed E-state index contributed by atoms with van der Waals surface area (Å²) in [5.41, 5.74) is 3.44. The lowest BCUT2D eigenvalue weighted by Crippen LogP contribution is -2.19. The van der Waals surface area contributed by atoms with Crippen LogP contribution in [0.15, 0.2) is 42.7 Å². The highest BCUT2D eigenvalue weighted by Crippen LogP contribution is 2.30. The molecule has 1 saturated heterocycles. The van der Waals surface area contributed by atoms with Crippen molar-refractivity contribution < 1.29 is 9.53 Å². The summed E-state index contributed by atoms with van der Waals surface area (Å²) in [7, 11) is 0. The predicted octanol–water partition coefficient (Wildman–Crippen LogP) is 3.61. The molecule has 5 nitrogen and oxygen atoms in total. The largest absolute Gasteiger partial charge is 0.356 e. The van der Waals surface area contributed by atoms with Gasteiger partial charge in [-0.25, -0.2) is 4.68 Å². The zero-order chi connectivity index (χ0) is 15.6. The minimum Gasteiger partial charge on any atom is -0.356 e. The number of ether oxygens (including phenoxy) is 1. The number of benzene rings is 1. The van der Waals surface area contributed by atoms with Crippen LogP contribution in [0.2, 0.25) is 0 Å². The van der Waals surface area contributed by atoms with E-state index < -0.39 is 0 Å². The standard InChI is InChI=1S/C18H17N3O2/c22-12-16-15-10-13(14-4-3-8-19-11-14)6-7-17(15)21(20-16)18-5-1-2-9-23-18/h3-4,6-8,10-12,18H,1-2,5,9H2. The van der Waals surface area contributed by atoms with Gasteiger partial charge in [0.25, 0.3) is 0 Å². The van der Waals surface area contributed by atoms with E-state index in [0.29, 0.717) is 5.69 Å². The fourth-order valence-electron chi connectivity index (χ4n) is 3.10. The van der Waals surface area contributed by atoms with Crippen LogP contribution in [0.3, 0.4) is 0 Å². The van der Waals surface area contributed by atoms with E-state index in [4.69, 9.17) is 4.74 Å². The van der Waals surface area contributed by atoms with Gasteiger partial charge in [-0.1, -0.05) is 12.1 Å². The van der Waals surface area contributed by atoms with Crippen molar-refractivity contribution in [3.8, 4) is 11.1 Å². The van der Waals surface area contributed by atoms with Crippen molar-refractivity contribution >= 4 is 17.2 Å². The van der Waals surface area contributed by atoms with Crippen LogP contribution >= 0.6 is 0 Å². The van der Waals surface area contributed by atoms with Crippen LogP contribution in [0.5, 0.6) is 0 Å². The minimum atomic E-state index is -0.0795. The normalized spacial score (nSPS) is 18.2. The SMILES string of the molecule is O=Cc1nn(C2CCCCO2)c2ccc(-c3cccnc3)cc12. The molecular formula is C18H17N3O2. The minimum absolute atomic E-state index is 0.0795. The van der Waals surface area contributed by atoms with Crippen LogP contribution in [0.4, 0.5) is 0 Å². The second-order valence-corrected chi connectivity index (χ2v) is 5.74. The third-order valence-electron chi connectivity index (χ3n) is 4.27. The molecule has 4 rings (SSSR count). The topological polar surface area (TPSA) is 57.0 Å². The van der Waals surface area contributed by atoms with Crippen molar-refractivity contribution in [1.29, 1.82) is 0 Å². The molecule has 0 N–H and O–H groups in total. The van der Waals surface area contributed by atoms with Gasteiger partial charge in [-0.15, -0.1) is 0 Å². The summed E-state index contributed by atoms with van der Waals surface area (Å²) >= 11 is 0. The zero-order valence-corrected chi connectivity index (χ0v) is 12.7. The quantitative estimate of drug-likeness (QED) is 0.694. The molecule has 1 aliphatic rings. The van der Waals surface area contributed by atoms with Gasteiger partial charge in [-0.3, -0.25) is 9.78 Å². The number of nitrogens with zero attached hydrogens (tertiary/aromatic N) is 3. The van der Waals surface area contributed by atoms with Crippen molar-refractivity contribution in [2.75, 3.05) is 6.61 Å². The molecule has 1 unspecified atom stereocenters. The lowest BCUT2D eigenvalue weighted by atomic mass is 10.0. The van der Waals surface area contributed by atoms with Gasteiger partial charge in [0.05, 0.1) is 5.52 Å². The molecule has 1 aromatic carbocycles. The Kier molecular flexibility index (Phi) is 3.63. The summed E-state index contributed by atoms with van der Waals surface area (Å²) in [6.07, 6.45) is 7.43. The van der Waals surface area contributed by atoms with E-state index >= 15 is 0 Å². The third-order valence-corrected chi connectivity index (χ3v) is 4.27. The molecule has 1 atom stereocenters. The van der Waals surface area contributed by atoms with E-state index in [2.05, 4.69) is 10.1 Å². The Morgan fingerprint density at radius 1 is 1.22 bits per heavy atom. The predicted molar refractivity (Wildman–Crippen MR) is 87.2 cm³/mol. The van der Waals surface area contributed by atoms with Gasteiger partial charge in [0.2, 0.25) is 0 Å². The van der Waals surface area contributed by atoms with Gasteiger partial charge >= 0.3 is 0 Å². The van der Waals surface area contributed by atoms with Crippen molar-refractivity contribution in [3.05, 3.63) is 48.4 Å². The van der Waals surface area contributed by atoms with E-state index in [1.54, 1.807) is 6.20 Å². The molecule has 23 heavy (non-hydrogen) atoms. The second kappa shape index (κ2) is 5.93. The van der Waals surface area contributed by atoms with E-state index in [0.717, 1.165) is 54.2 Å². The van der Waals surface area contributed by atoms with Crippen molar-refractivity contribution in [2.24, 2.45) is 0 Å². The average Bonchev–Trinajstić information content (AvgIpc) is 3.01. The Hall–Kier alpha value is -2.53. The number of carbonyl (C=O) groups excluding carboxylic acids is 1. The number of aldehydes is 1. The molecule has 0 spiro atoms. The van der Waals surface area contributed by atoms with Gasteiger partial charge in [-0.2, -0.15) is 5.10 Å². The molecule has 3 aromatic rings. The van der Waals surface area contributed by atoms with Crippen LogP contribution in [0, 0.1) is 0 Å². The Labute approximate surface area is 133 Å². The molecule has 0 saturated carbocycles. The highest BCUT2D eigenvalue weighted by molar-refractivity contribution is 5.97. The summed E-state index contributed by atoms with van der Waals surface area (Å²) in [5, 5.41) is 5.33. The number of pyridine rings is 1. The van der Waals surface area contributed by atoms with Crippen LogP contribution in [-0.2, 0) is 4.74 Å². The summed E-state index contributed by atoms with van der Waals surface area (Å²) in [5.74, 6) is 0. The summed E-state index contributed by atoms with van der Waals surface area (Å²) < 4.78 is 7.67. The second-order valence-electron chi connectivity index (χ2n) is 5.74. The highest BCUT2D eigenvalue weighted by atomic mass is 16.5. The van der Waals surface area contributed by atoms with Gasteiger partial charge in [0.1, 0.15) is 5.69 Å². The number of aromatic nitrogens is 3. The molecule has 116 valence electrons. The third kappa shape index (κ3) is 2.53. The lowest BCUT2D eigenvalue weighted by Gasteiger charge is -2.23.